The van der Waals surface area contributed by atoms with E-state index in [-0.39, 0.29) is 67.7 Å². The van der Waals surface area contributed by atoms with Crippen LogP contribution in [0.3, 0.4) is 0 Å². The highest BCUT2D eigenvalue weighted by molar-refractivity contribution is 7.98. The van der Waals surface area contributed by atoms with Crippen molar-refractivity contribution in [3.63, 3.8) is 0 Å². The number of rotatable bonds is 21. The molecule has 0 spiro atoms. The highest BCUT2D eigenvalue weighted by Crippen LogP contribution is 2.62. The molecule has 7 rings (SSSR count). The van der Waals surface area contributed by atoms with Crippen molar-refractivity contribution < 1.29 is 48.6 Å². The highest BCUT2D eigenvalue weighted by atomic mass is 32.2. The molecule has 2 N–H and O–H groups in total. The van der Waals surface area contributed by atoms with Crippen molar-refractivity contribution in [2.24, 2.45) is 22.9 Å². The summed E-state index contributed by atoms with van der Waals surface area (Å²) >= 11 is 1.63. The summed E-state index contributed by atoms with van der Waals surface area (Å²) in [6.45, 7) is 4.08. The number of carbonyl (C=O) groups excluding carboxylic acids is 1. The fourth-order valence-corrected chi connectivity index (χ4v) is 9.81. The lowest BCUT2D eigenvalue weighted by Gasteiger charge is -2.59. The molecule has 3 aliphatic rings. The fraction of sp³-hybridized carbons (Fsp3) is 0.388. The van der Waals surface area contributed by atoms with Gasteiger partial charge >= 0.3 is 6.09 Å². The van der Waals surface area contributed by atoms with E-state index in [2.05, 4.69) is 12.7 Å². The minimum absolute atomic E-state index is 0.00859. The van der Waals surface area contributed by atoms with Crippen molar-refractivity contribution in [3.05, 3.63) is 147 Å². The smallest absolute Gasteiger partial charge is 0.415 e. The van der Waals surface area contributed by atoms with Gasteiger partial charge in [-0.2, -0.15) is 0 Å². The molecule has 1 amide bonds. The number of benzene rings is 4. The number of nitro benzene ring substituents is 2. The van der Waals surface area contributed by atoms with Gasteiger partial charge < -0.3 is 38.9 Å². The number of aliphatic hydroxyl groups is 2. The van der Waals surface area contributed by atoms with E-state index in [1.807, 2.05) is 48.7 Å². The van der Waals surface area contributed by atoms with Crippen molar-refractivity contribution in [3.8, 4) is 23.0 Å². The zero-order chi connectivity index (χ0) is 46.8. The molecule has 1 fully saturated rings. The lowest BCUT2D eigenvalue weighted by molar-refractivity contribution is -0.385. The Morgan fingerprint density at radius 1 is 0.909 bits per heavy atom. The predicted octanol–water partition coefficient (Wildman–Crippen LogP) is 9.98. The molecule has 0 aromatic heterocycles. The summed E-state index contributed by atoms with van der Waals surface area (Å²) < 4.78 is 26.5. The fourth-order valence-electron chi connectivity index (χ4n) is 9.41. The average Bonchev–Trinajstić information content (AvgIpc) is 3.32. The van der Waals surface area contributed by atoms with Crippen LogP contribution >= 0.6 is 11.8 Å². The number of hydrogen-bond acceptors (Lipinski definition) is 14. The summed E-state index contributed by atoms with van der Waals surface area (Å²) in [6.07, 6.45) is 9.27. The minimum Gasteiger partial charge on any atom is -0.459 e. The molecule has 0 unspecified atom stereocenters. The number of nitrogens with zero attached hydrogens (tertiary/aromatic N) is 4. The molecule has 17 heteroatoms. The number of aliphatic hydroxyl groups excluding tert-OH is 2. The summed E-state index contributed by atoms with van der Waals surface area (Å²) in [5, 5.41) is 47.4. The maximum atomic E-state index is 14.3. The third-order valence-corrected chi connectivity index (χ3v) is 13.2. The largest absolute Gasteiger partial charge is 0.459 e. The Kier molecular flexibility index (Phi) is 15.8. The summed E-state index contributed by atoms with van der Waals surface area (Å²) in [6, 6.07) is 23.8. The molecule has 66 heavy (non-hydrogen) atoms. The van der Waals surface area contributed by atoms with E-state index in [9.17, 15) is 35.2 Å². The molecule has 1 heterocycles. The molecule has 2 aliphatic carbocycles. The number of amides is 1. The monoisotopic (exact) mass is 922 g/mol. The number of hydrogen-bond donors (Lipinski definition) is 2. The lowest BCUT2D eigenvalue weighted by atomic mass is 9.55. The Labute approximate surface area is 387 Å². The maximum Gasteiger partial charge on any atom is 0.415 e. The second-order valence-electron chi connectivity index (χ2n) is 16.5. The van der Waals surface area contributed by atoms with E-state index in [0.29, 0.717) is 41.4 Å². The second-order valence-corrected chi connectivity index (χ2v) is 17.4. The minimum atomic E-state index is -1.57. The van der Waals surface area contributed by atoms with Crippen LogP contribution in [0.15, 0.2) is 125 Å². The molecule has 16 nitrogen and oxygen atoms in total. The molecule has 1 aliphatic heterocycles. The van der Waals surface area contributed by atoms with E-state index in [4.69, 9.17) is 28.9 Å². The van der Waals surface area contributed by atoms with Gasteiger partial charge in [-0.15, -0.1) is 18.3 Å². The van der Waals surface area contributed by atoms with Gasteiger partial charge in [0.05, 0.1) is 28.1 Å². The lowest BCUT2D eigenvalue weighted by Crippen LogP contribution is -2.69. The van der Waals surface area contributed by atoms with Crippen molar-refractivity contribution in [1.29, 1.82) is 0 Å². The van der Waals surface area contributed by atoms with E-state index in [1.165, 1.54) is 41.3 Å². The molecular weight excluding hydrogens is 869 g/mol. The topological polar surface area (TPSA) is 206 Å². The van der Waals surface area contributed by atoms with Crippen molar-refractivity contribution in [2.45, 2.75) is 74.2 Å². The summed E-state index contributed by atoms with van der Waals surface area (Å²) in [4.78, 5) is 44.6. The zero-order valence-electron chi connectivity index (χ0n) is 36.9. The van der Waals surface area contributed by atoms with Gasteiger partial charge in [-0.3, -0.25) is 20.2 Å². The van der Waals surface area contributed by atoms with Crippen molar-refractivity contribution in [1.82, 2.24) is 4.90 Å². The maximum absolute atomic E-state index is 14.3. The molecule has 0 saturated heterocycles. The molecule has 348 valence electrons. The van der Waals surface area contributed by atoms with E-state index < -0.39 is 33.7 Å². The Hall–Kier alpha value is -6.27. The van der Waals surface area contributed by atoms with Gasteiger partial charge in [-0.1, -0.05) is 30.1 Å². The van der Waals surface area contributed by atoms with Crippen LogP contribution in [-0.2, 0) is 16.2 Å². The third kappa shape index (κ3) is 10.5. The first-order valence-corrected chi connectivity index (χ1v) is 23.2. The van der Waals surface area contributed by atoms with Crippen LogP contribution in [0.5, 0.6) is 23.0 Å². The summed E-state index contributed by atoms with van der Waals surface area (Å²) in [5.74, 6) is -0.732. The molecule has 6 atom stereocenters. The number of unbranched alkanes of at least 4 members (excludes halogenated alkanes) is 2. The van der Waals surface area contributed by atoms with Crippen LogP contribution < -0.4 is 14.2 Å². The number of likely N-dealkylation sites (N-methyl/N-ethyl adjacent to an activating group) is 1. The first kappa shape index (κ1) is 47.7. The molecule has 0 radical (unpaired) electrons. The summed E-state index contributed by atoms with van der Waals surface area (Å²) in [5.41, 5.74) is 2.63. The first-order chi connectivity index (χ1) is 32.0. The van der Waals surface area contributed by atoms with Gasteiger partial charge in [-0.25, -0.2) is 4.79 Å². The van der Waals surface area contributed by atoms with Crippen LogP contribution in [-0.4, -0.2) is 81.7 Å². The van der Waals surface area contributed by atoms with Crippen molar-refractivity contribution in [2.75, 3.05) is 33.1 Å². The Morgan fingerprint density at radius 3 is 2.18 bits per heavy atom. The molecular formula is C49H54N4O12S. The van der Waals surface area contributed by atoms with Gasteiger partial charge in [0.2, 0.25) is 5.79 Å². The number of nitro groups is 2. The van der Waals surface area contributed by atoms with Gasteiger partial charge in [0.1, 0.15) is 35.6 Å². The molecule has 1 saturated carbocycles. The van der Waals surface area contributed by atoms with Crippen LogP contribution in [0.25, 0.3) is 0 Å². The van der Waals surface area contributed by atoms with Gasteiger partial charge in [0.25, 0.3) is 11.4 Å². The Balaban J connectivity index is 1.38. The predicted molar refractivity (Wildman–Crippen MR) is 248 cm³/mol. The van der Waals surface area contributed by atoms with Crippen LogP contribution in [0.1, 0.15) is 62.0 Å². The first-order valence-electron chi connectivity index (χ1n) is 21.9. The molecule has 0 bridgehead atoms. The number of oxime groups is 1. The van der Waals surface area contributed by atoms with Gasteiger partial charge in [0, 0.05) is 67.3 Å². The SMILES string of the molecule is C=CCO[C@@]12Oc3ccc(Oc4ccc(SC)cc4)cc3[C@H]3[C@H](CCCCO)[C@@H](CCCCO)C=C(C(=NOCc4ccc([N+](=O)[O-])cc4)C[C@@H]1N(C)C(=O)Oc1ccc([N+](=O)[O-])cc1)[C@H]32. The number of fused-ring (bicyclic) bond motifs is 2. The normalized spacial score (nSPS) is 22.2. The Morgan fingerprint density at radius 2 is 1.55 bits per heavy atom. The number of carbonyl (C=O) groups is 1. The second kappa shape index (κ2) is 21.8. The third-order valence-electron chi connectivity index (χ3n) is 12.5. The van der Waals surface area contributed by atoms with Crippen LogP contribution in [0.4, 0.5) is 16.2 Å². The van der Waals surface area contributed by atoms with Crippen molar-refractivity contribution >= 4 is 34.9 Å². The number of allylic oxidation sites excluding steroid dienone is 1. The summed E-state index contributed by atoms with van der Waals surface area (Å²) in [7, 11) is 1.58. The van der Waals surface area contributed by atoms with E-state index in [0.717, 1.165) is 41.7 Å². The Bertz CT molecular complexity index is 2410. The number of thioether (sulfide) groups is 1. The van der Waals surface area contributed by atoms with Gasteiger partial charge in [-0.05, 0) is 122 Å². The standard InChI is InChI=1S/C49H54N4O12S/c1-4-27-61-49-45(51(2)48(56)64-37-17-15-35(16-18-37)53(59)60)30-43(50-62-31-32-11-13-34(14-12-32)52(57)58)41-28-33(9-5-7-25-54)40(10-6-8-26-55)46(47(41)49)42-29-38(21-24-44(42)65-49)63-36-19-22-39(66-3)23-20-36/h4,11-24,28-29,33,40,45-47,54-55H,1,5-10,25-27,30-31H2,2-3H3/t33-,40+,45-,46+,47+,49+/m0/s1. The number of non-ortho nitro benzene ring substituents is 2. The quantitative estimate of drug-likeness (QED) is 0.0263. The molecule has 4 aromatic rings. The highest BCUT2D eigenvalue weighted by Gasteiger charge is 2.65. The number of ether oxygens (including phenoxy) is 4. The van der Waals surface area contributed by atoms with E-state index >= 15 is 0 Å². The average molecular weight is 923 g/mol. The van der Waals surface area contributed by atoms with Crippen LogP contribution in [0, 0.1) is 38.0 Å². The van der Waals surface area contributed by atoms with Crippen LogP contribution in [0.2, 0.25) is 0 Å². The van der Waals surface area contributed by atoms with E-state index in [1.54, 1.807) is 37.0 Å². The molecule has 4 aromatic carbocycles. The zero-order valence-corrected chi connectivity index (χ0v) is 37.7. The van der Waals surface area contributed by atoms with Gasteiger partial charge in [0.15, 0.2) is 0 Å².